The number of halogens is 1. The molecular formula is C15H18BrN3OS. The zero-order chi connectivity index (χ0) is 15.6. The molecule has 1 N–H and O–H groups in total. The van der Waals surface area contributed by atoms with Crippen molar-refractivity contribution in [3.8, 4) is 0 Å². The monoisotopic (exact) mass is 367 g/mol. The molecule has 0 fully saturated rings. The van der Waals surface area contributed by atoms with Crippen LogP contribution in [-0.2, 0) is 11.8 Å². The van der Waals surface area contributed by atoms with Gasteiger partial charge in [0.15, 0.2) is 0 Å². The molecule has 112 valence electrons. The molecule has 1 amide bonds. The summed E-state index contributed by atoms with van der Waals surface area (Å²) in [4.78, 5) is 13.4. The van der Waals surface area contributed by atoms with Gasteiger partial charge in [0.05, 0.1) is 22.3 Å². The molecule has 2 rings (SSSR count). The highest BCUT2D eigenvalue weighted by atomic mass is 79.9. The number of carbonyl (C=O) groups excluding carboxylic acids is 1. The lowest BCUT2D eigenvalue weighted by Crippen LogP contribution is -2.23. The minimum absolute atomic E-state index is 0.0147. The summed E-state index contributed by atoms with van der Waals surface area (Å²) < 4.78 is 2.79. The first-order chi connectivity index (χ1) is 9.88. The van der Waals surface area contributed by atoms with E-state index in [1.54, 1.807) is 4.68 Å². The molecule has 1 aromatic carbocycles. The van der Waals surface area contributed by atoms with E-state index in [0.29, 0.717) is 0 Å². The van der Waals surface area contributed by atoms with Crippen molar-refractivity contribution in [2.75, 3.05) is 5.32 Å². The van der Waals surface area contributed by atoms with Crippen molar-refractivity contribution in [2.24, 2.45) is 7.05 Å². The first-order valence-electron chi connectivity index (χ1n) is 6.61. The van der Waals surface area contributed by atoms with Gasteiger partial charge in [0.1, 0.15) is 0 Å². The minimum atomic E-state index is -0.182. The van der Waals surface area contributed by atoms with Crippen LogP contribution in [0.5, 0.6) is 0 Å². The minimum Gasteiger partial charge on any atom is -0.322 e. The van der Waals surface area contributed by atoms with Crippen LogP contribution in [0, 0.1) is 13.8 Å². The molecular weight excluding hydrogens is 350 g/mol. The lowest BCUT2D eigenvalue weighted by atomic mass is 10.3. The lowest BCUT2D eigenvalue weighted by Gasteiger charge is -2.12. The summed E-state index contributed by atoms with van der Waals surface area (Å²) in [5.74, 6) is -0.0147. The van der Waals surface area contributed by atoms with Gasteiger partial charge in [-0.15, -0.1) is 11.8 Å². The summed E-state index contributed by atoms with van der Waals surface area (Å²) in [5, 5.41) is 7.10. The van der Waals surface area contributed by atoms with Gasteiger partial charge in [-0.1, -0.05) is 22.0 Å². The maximum atomic E-state index is 12.3. The first kappa shape index (κ1) is 16.1. The molecule has 2 aromatic rings. The number of aryl methyl sites for hydroxylation is 2. The van der Waals surface area contributed by atoms with Gasteiger partial charge in [-0.2, -0.15) is 5.10 Å². The van der Waals surface area contributed by atoms with Crippen LogP contribution in [0.4, 0.5) is 5.69 Å². The standard InChI is InChI=1S/C15H18BrN3OS/c1-9-14(10(2)19(4)18-9)17-15(20)11(3)21-13-7-5-6-12(16)8-13/h5-8,11H,1-4H3,(H,17,20). The van der Waals surface area contributed by atoms with Crippen molar-refractivity contribution >= 4 is 39.3 Å². The summed E-state index contributed by atoms with van der Waals surface area (Å²) in [6.45, 7) is 5.75. The summed E-state index contributed by atoms with van der Waals surface area (Å²) in [7, 11) is 1.87. The Labute approximate surface area is 137 Å². The quantitative estimate of drug-likeness (QED) is 0.833. The molecule has 0 spiro atoms. The summed E-state index contributed by atoms with van der Waals surface area (Å²) in [6.07, 6.45) is 0. The van der Waals surface area contributed by atoms with Crippen LogP contribution in [0.1, 0.15) is 18.3 Å². The molecule has 4 nitrogen and oxygen atoms in total. The highest BCUT2D eigenvalue weighted by Gasteiger charge is 2.18. The number of amides is 1. The fraction of sp³-hybridized carbons (Fsp3) is 0.333. The van der Waals surface area contributed by atoms with Crippen LogP contribution >= 0.6 is 27.7 Å². The van der Waals surface area contributed by atoms with Gasteiger partial charge in [0.2, 0.25) is 5.91 Å². The highest BCUT2D eigenvalue weighted by Crippen LogP contribution is 2.27. The van der Waals surface area contributed by atoms with E-state index in [9.17, 15) is 4.79 Å². The third-order valence-corrected chi connectivity index (χ3v) is 4.82. The fourth-order valence-electron chi connectivity index (χ4n) is 1.98. The Morgan fingerprint density at radius 3 is 2.71 bits per heavy atom. The van der Waals surface area contributed by atoms with E-state index in [0.717, 1.165) is 26.4 Å². The summed E-state index contributed by atoms with van der Waals surface area (Å²) >= 11 is 4.97. The van der Waals surface area contributed by atoms with Gasteiger partial charge < -0.3 is 5.32 Å². The smallest absolute Gasteiger partial charge is 0.237 e. The molecule has 6 heteroatoms. The van der Waals surface area contributed by atoms with E-state index < -0.39 is 0 Å². The Balaban J connectivity index is 2.06. The number of aromatic nitrogens is 2. The molecule has 1 aromatic heterocycles. The van der Waals surface area contributed by atoms with Crippen molar-refractivity contribution in [1.82, 2.24) is 9.78 Å². The number of benzene rings is 1. The van der Waals surface area contributed by atoms with Gasteiger partial charge in [0, 0.05) is 16.4 Å². The molecule has 0 saturated heterocycles. The zero-order valence-corrected chi connectivity index (χ0v) is 14.9. The average molecular weight is 368 g/mol. The Bertz CT molecular complexity index is 669. The molecule has 1 unspecified atom stereocenters. The maximum Gasteiger partial charge on any atom is 0.237 e. The van der Waals surface area contributed by atoms with Crippen LogP contribution < -0.4 is 5.32 Å². The topological polar surface area (TPSA) is 46.9 Å². The average Bonchev–Trinajstić information content (AvgIpc) is 2.65. The third kappa shape index (κ3) is 3.89. The normalized spacial score (nSPS) is 12.2. The number of rotatable bonds is 4. The van der Waals surface area contributed by atoms with E-state index >= 15 is 0 Å². The van der Waals surface area contributed by atoms with Gasteiger partial charge in [-0.25, -0.2) is 0 Å². The molecule has 0 bridgehead atoms. The molecule has 0 radical (unpaired) electrons. The lowest BCUT2D eigenvalue weighted by molar-refractivity contribution is -0.115. The van der Waals surface area contributed by atoms with Crippen molar-refractivity contribution < 1.29 is 4.79 Å². The van der Waals surface area contributed by atoms with Crippen LogP contribution in [0.2, 0.25) is 0 Å². The van der Waals surface area contributed by atoms with Crippen LogP contribution in [0.15, 0.2) is 33.6 Å². The number of anilines is 1. The molecule has 1 heterocycles. The number of nitrogens with zero attached hydrogens (tertiary/aromatic N) is 2. The van der Waals surface area contributed by atoms with Crippen molar-refractivity contribution in [3.05, 3.63) is 40.1 Å². The van der Waals surface area contributed by atoms with Crippen molar-refractivity contribution in [3.63, 3.8) is 0 Å². The first-order valence-corrected chi connectivity index (χ1v) is 8.29. The van der Waals surface area contributed by atoms with Crippen LogP contribution in [0.25, 0.3) is 0 Å². The second-order valence-electron chi connectivity index (χ2n) is 4.88. The second kappa shape index (κ2) is 6.66. The molecule has 1 atom stereocenters. The number of hydrogen-bond acceptors (Lipinski definition) is 3. The van der Waals surface area contributed by atoms with Gasteiger partial charge >= 0.3 is 0 Å². The Morgan fingerprint density at radius 2 is 2.14 bits per heavy atom. The van der Waals surface area contributed by atoms with Crippen molar-refractivity contribution in [2.45, 2.75) is 30.9 Å². The molecule has 21 heavy (non-hydrogen) atoms. The molecule has 0 aliphatic rings. The van der Waals surface area contributed by atoms with Gasteiger partial charge in [0.25, 0.3) is 0 Å². The summed E-state index contributed by atoms with van der Waals surface area (Å²) in [5.41, 5.74) is 2.60. The maximum absolute atomic E-state index is 12.3. The number of hydrogen-bond donors (Lipinski definition) is 1. The Hall–Kier alpha value is -1.27. The fourth-order valence-corrected chi connectivity index (χ4v) is 3.45. The van der Waals surface area contributed by atoms with E-state index in [1.165, 1.54) is 11.8 Å². The highest BCUT2D eigenvalue weighted by molar-refractivity contribution is 9.10. The SMILES string of the molecule is Cc1nn(C)c(C)c1NC(=O)C(C)Sc1cccc(Br)c1. The summed E-state index contributed by atoms with van der Waals surface area (Å²) in [6, 6.07) is 7.94. The third-order valence-electron chi connectivity index (χ3n) is 3.24. The van der Waals surface area contributed by atoms with Crippen molar-refractivity contribution in [1.29, 1.82) is 0 Å². The van der Waals surface area contributed by atoms with Gasteiger partial charge in [-0.3, -0.25) is 9.48 Å². The number of carbonyl (C=O) groups is 1. The predicted molar refractivity (Wildman–Crippen MR) is 90.8 cm³/mol. The molecule has 0 aliphatic heterocycles. The van der Waals surface area contributed by atoms with Crippen LogP contribution in [0.3, 0.4) is 0 Å². The number of thioether (sulfide) groups is 1. The Morgan fingerprint density at radius 1 is 1.43 bits per heavy atom. The second-order valence-corrected chi connectivity index (χ2v) is 7.21. The van der Waals surface area contributed by atoms with E-state index in [-0.39, 0.29) is 11.2 Å². The van der Waals surface area contributed by atoms with E-state index in [2.05, 4.69) is 26.3 Å². The van der Waals surface area contributed by atoms with E-state index in [4.69, 9.17) is 0 Å². The number of nitrogens with one attached hydrogen (secondary N) is 1. The molecule has 0 saturated carbocycles. The van der Waals surface area contributed by atoms with Crippen LogP contribution in [-0.4, -0.2) is 20.9 Å². The van der Waals surface area contributed by atoms with Gasteiger partial charge in [-0.05, 0) is 39.0 Å². The Kier molecular flexibility index (Phi) is 5.11. The predicted octanol–water partition coefficient (Wildman–Crippen LogP) is 3.92. The zero-order valence-electron chi connectivity index (χ0n) is 12.5. The molecule has 0 aliphatic carbocycles. The van der Waals surface area contributed by atoms with E-state index in [1.807, 2.05) is 52.1 Å². The largest absolute Gasteiger partial charge is 0.322 e.